The maximum atomic E-state index is 13.0. The Morgan fingerprint density at radius 3 is 2.67 bits per heavy atom. The SMILES string of the molecule is COc1ccc(CC(=O)N2C[C@@H](c3nc(C)no3)C3(CCOCC3)C2)cc1. The van der Waals surface area contributed by atoms with Gasteiger partial charge in [0, 0.05) is 31.7 Å². The molecule has 0 aliphatic carbocycles. The Morgan fingerprint density at radius 1 is 1.30 bits per heavy atom. The van der Waals surface area contributed by atoms with E-state index in [-0.39, 0.29) is 17.2 Å². The van der Waals surface area contributed by atoms with Crippen molar-refractivity contribution < 1.29 is 18.8 Å². The van der Waals surface area contributed by atoms with Gasteiger partial charge in [-0.2, -0.15) is 4.98 Å². The van der Waals surface area contributed by atoms with Gasteiger partial charge in [-0.15, -0.1) is 0 Å². The molecule has 144 valence electrons. The Balaban J connectivity index is 1.52. The minimum Gasteiger partial charge on any atom is -0.497 e. The van der Waals surface area contributed by atoms with Crippen molar-refractivity contribution in [3.8, 4) is 5.75 Å². The van der Waals surface area contributed by atoms with Gasteiger partial charge in [0.25, 0.3) is 0 Å². The number of aryl methyl sites for hydroxylation is 1. The predicted molar refractivity (Wildman–Crippen MR) is 97.5 cm³/mol. The zero-order valence-electron chi connectivity index (χ0n) is 15.8. The van der Waals surface area contributed by atoms with Crippen LogP contribution >= 0.6 is 0 Å². The first kappa shape index (κ1) is 18.0. The van der Waals surface area contributed by atoms with Crippen LogP contribution in [-0.2, 0) is 16.0 Å². The number of hydrogen-bond acceptors (Lipinski definition) is 6. The highest BCUT2D eigenvalue weighted by atomic mass is 16.5. The minimum atomic E-state index is -0.0349. The molecular formula is C20H25N3O4. The van der Waals surface area contributed by atoms with E-state index in [1.54, 1.807) is 7.11 Å². The minimum absolute atomic E-state index is 0.0349. The van der Waals surface area contributed by atoms with Crippen molar-refractivity contribution in [1.82, 2.24) is 15.0 Å². The first-order chi connectivity index (χ1) is 13.1. The van der Waals surface area contributed by atoms with Crippen LogP contribution in [-0.4, -0.2) is 54.4 Å². The van der Waals surface area contributed by atoms with Crippen molar-refractivity contribution in [3.05, 3.63) is 41.5 Å². The molecule has 7 heteroatoms. The van der Waals surface area contributed by atoms with Crippen LogP contribution in [0.5, 0.6) is 5.75 Å². The summed E-state index contributed by atoms with van der Waals surface area (Å²) in [6.07, 6.45) is 2.20. The van der Waals surface area contributed by atoms with Crippen molar-refractivity contribution in [2.45, 2.75) is 32.1 Å². The summed E-state index contributed by atoms with van der Waals surface area (Å²) in [6.45, 7) is 4.59. The lowest BCUT2D eigenvalue weighted by atomic mass is 9.72. The Morgan fingerprint density at radius 2 is 2.04 bits per heavy atom. The number of aromatic nitrogens is 2. The zero-order chi connectivity index (χ0) is 18.9. The fraction of sp³-hybridized carbons (Fsp3) is 0.550. The van der Waals surface area contributed by atoms with E-state index in [9.17, 15) is 4.79 Å². The molecule has 1 spiro atoms. The number of likely N-dealkylation sites (tertiary alicyclic amines) is 1. The van der Waals surface area contributed by atoms with Crippen LogP contribution in [0.15, 0.2) is 28.8 Å². The molecule has 0 bridgehead atoms. The van der Waals surface area contributed by atoms with Gasteiger partial charge in [-0.05, 0) is 37.5 Å². The van der Waals surface area contributed by atoms with Crippen LogP contribution in [0.1, 0.15) is 36.0 Å². The number of amides is 1. The van der Waals surface area contributed by atoms with Crippen molar-refractivity contribution in [3.63, 3.8) is 0 Å². The summed E-state index contributed by atoms with van der Waals surface area (Å²) in [5, 5.41) is 3.96. The number of ether oxygens (including phenoxy) is 2. The lowest BCUT2D eigenvalue weighted by Crippen LogP contribution is -2.37. The first-order valence-corrected chi connectivity index (χ1v) is 9.38. The smallest absolute Gasteiger partial charge is 0.232 e. The van der Waals surface area contributed by atoms with E-state index in [2.05, 4.69) is 10.1 Å². The van der Waals surface area contributed by atoms with Crippen LogP contribution in [0.2, 0.25) is 0 Å². The van der Waals surface area contributed by atoms with Crippen molar-refractivity contribution in [2.24, 2.45) is 5.41 Å². The van der Waals surface area contributed by atoms with E-state index in [1.165, 1.54) is 0 Å². The molecule has 2 aromatic rings. The van der Waals surface area contributed by atoms with E-state index >= 15 is 0 Å². The van der Waals surface area contributed by atoms with Crippen LogP contribution < -0.4 is 4.74 Å². The topological polar surface area (TPSA) is 77.7 Å². The molecule has 0 radical (unpaired) electrons. The second-order valence-corrected chi connectivity index (χ2v) is 7.51. The fourth-order valence-electron chi connectivity index (χ4n) is 4.27. The second-order valence-electron chi connectivity index (χ2n) is 7.51. The van der Waals surface area contributed by atoms with E-state index in [0.717, 1.165) is 30.7 Å². The van der Waals surface area contributed by atoms with Gasteiger partial charge >= 0.3 is 0 Å². The van der Waals surface area contributed by atoms with E-state index in [1.807, 2.05) is 36.1 Å². The summed E-state index contributed by atoms with van der Waals surface area (Å²) >= 11 is 0. The lowest BCUT2D eigenvalue weighted by molar-refractivity contribution is -0.130. The van der Waals surface area contributed by atoms with Crippen molar-refractivity contribution in [2.75, 3.05) is 33.4 Å². The van der Waals surface area contributed by atoms with Gasteiger partial charge in [0.15, 0.2) is 5.82 Å². The van der Waals surface area contributed by atoms with E-state index < -0.39 is 0 Å². The fourth-order valence-corrected chi connectivity index (χ4v) is 4.27. The van der Waals surface area contributed by atoms with Gasteiger partial charge in [0.2, 0.25) is 11.8 Å². The standard InChI is InChI=1S/C20H25N3O4/c1-14-21-19(27-22-14)17-12-23(13-20(17)7-9-26-10-8-20)18(24)11-15-3-5-16(25-2)6-4-15/h3-6,17H,7-13H2,1-2H3/t17-/m0/s1. The monoisotopic (exact) mass is 371 g/mol. The van der Waals surface area contributed by atoms with Gasteiger partial charge in [0.05, 0.1) is 19.4 Å². The molecule has 3 heterocycles. The molecule has 2 aliphatic rings. The number of methoxy groups -OCH3 is 1. The second kappa shape index (κ2) is 7.31. The third-order valence-corrected chi connectivity index (χ3v) is 5.84. The van der Waals surface area contributed by atoms with Crippen molar-refractivity contribution in [1.29, 1.82) is 0 Å². The molecular weight excluding hydrogens is 346 g/mol. The number of benzene rings is 1. The molecule has 7 nitrogen and oxygen atoms in total. The number of carbonyl (C=O) groups excluding carboxylic acids is 1. The maximum absolute atomic E-state index is 13.0. The molecule has 0 saturated carbocycles. The Labute approximate surface area is 158 Å². The molecule has 4 rings (SSSR count). The highest BCUT2D eigenvalue weighted by Gasteiger charge is 2.51. The molecule has 2 fully saturated rings. The van der Waals surface area contributed by atoms with Gasteiger partial charge in [0.1, 0.15) is 5.75 Å². The van der Waals surface area contributed by atoms with E-state index in [0.29, 0.717) is 37.9 Å². The summed E-state index contributed by atoms with van der Waals surface area (Å²) in [7, 11) is 1.64. The van der Waals surface area contributed by atoms with Crippen LogP contribution in [0.3, 0.4) is 0 Å². The molecule has 1 aromatic carbocycles. The Hall–Kier alpha value is -2.41. The molecule has 1 amide bonds. The number of hydrogen-bond donors (Lipinski definition) is 0. The highest BCUT2D eigenvalue weighted by molar-refractivity contribution is 5.79. The average Bonchev–Trinajstić information content (AvgIpc) is 3.27. The summed E-state index contributed by atoms with van der Waals surface area (Å²) in [4.78, 5) is 19.4. The molecule has 27 heavy (non-hydrogen) atoms. The van der Waals surface area contributed by atoms with Crippen LogP contribution in [0, 0.1) is 12.3 Å². The maximum Gasteiger partial charge on any atom is 0.232 e. The molecule has 1 atom stereocenters. The summed E-state index contributed by atoms with van der Waals surface area (Å²) in [6, 6.07) is 7.65. The van der Waals surface area contributed by atoms with E-state index in [4.69, 9.17) is 14.0 Å². The molecule has 2 saturated heterocycles. The summed E-state index contributed by atoms with van der Waals surface area (Å²) < 4.78 is 16.3. The van der Waals surface area contributed by atoms with Gasteiger partial charge in [-0.3, -0.25) is 4.79 Å². The Bertz CT molecular complexity index is 796. The van der Waals surface area contributed by atoms with Crippen LogP contribution in [0.4, 0.5) is 0 Å². The lowest BCUT2D eigenvalue weighted by Gasteiger charge is -2.36. The van der Waals surface area contributed by atoms with Gasteiger partial charge in [-0.1, -0.05) is 17.3 Å². The largest absolute Gasteiger partial charge is 0.497 e. The number of rotatable bonds is 4. The predicted octanol–water partition coefficient (Wildman–Crippen LogP) is 2.35. The summed E-state index contributed by atoms with van der Waals surface area (Å²) in [5.74, 6) is 2.27. The average molecular weight is 371 g/mol. The summed E-state index contributed by atoms with van der Waals surface area (Å²) in [5.41, 5.74) is 0.950. The highest BCUT2D eigenvalue weighted by Crippen LogP contribution is 2.49. The van der Waals surface area contributed by atoms with Crippen LogP contribution in [0.25, 0.3) is 0 Å². The number of nitrogens with zero attached hydrogens (tertiary/aromatic N) is 3. The Kier molecular flexibility index (Phi) is 4.86. The molecule has 0 unspecified atom stereocenters. The zero-order valence-corrected chi connectivity index (χ0v) is 15.8. The third-order valence-electron chi connectivity index (χ3n) is 5.84. The quantitative estimate of drug-likeness (QED) is 0.821. The van der Waals surface area contributed by atoms with Gasteiger partial charge in [-0.25, -0.2) is 0 Å². The normalized spacial score (nSPS) is 21.6. The third kappa shape index (κ3) is 3.56. The molecule has 1 aromatic heterocycles. The molecule has 0 N–H and O–H groups in total. The number of carbonyl (C=O) groups is 1. The van der Waals surface area contributed by atoms with Crippen molar-refractivity contribution >= 4 is 5.91 Å². The van der Waals surface area contributed by atoms with Gasteiger partial charge < -0.3 is 18.9 Å². The first-order valence-electron chi connectivity index (χ1n) is 9.38. The molecule has 2 aliphatic heterocycles.